The lowest BCUT2D eigenvalue weighted by molar-refractivity contribution is 0.0600. The molecule has 128 valence electrons. The van der Waals surface area contributed by atoms with Crippen LogP contribution in [-0.4, -0.2) is 32.2 Å². The number of rotatable bonds is 8. The summed E-state index contributed by atoms with van der Waals surface area (Å²) in [4.78, 5) is 13.9. The second-order valence-corrected chi connectivity index (χ2v) is 5.85. The fourth-order valence-electron chi connectivity index (χ4n) is 2.67. The normalized spacial score (nSPS) is 11.8. The highest BCUT2D eigenvalue weighted by Gasteiger charge is 2.10. The van der Waals surface area contributed by atoms with Gasteiger partial charge in [0.15, 0.2) is 0 Å². The van der Waals surface area contributed by atoms with Gasteiger partial charge in [-0.15, -0.1) is 0 Å². The van der Waals surface area contributed by atoms with Gasteiger partial charge < -0.3 is 15.0 Å². The highest BCUT2D eigenvalue weighted by Crippen LogP contribution is 2.13. The molecule has 0 aliphatic carbocycles. The number of hydrogen-bond donors (Lipinski definition) is 1. The van der Waals surface area contributed by atoms with Crippen molar-refractivity contribution in [2.45, 2.75) is 26.4 Å². The van der Waals surface area contributed by atoms with E-state index in [0.717, 1.165) is 25.2 Å². The summed E-state index contributed by atoms with van der Waals surface area (Å²) in [5.74, 6) is -0.300. The monoisotopic (exact) mass is 326 g/mol. The van der Waals surface area contributed by atoms with E-state index in [9.17, 15) is 4.79 Å². The third-order valence-corrected chi connectivity index (χ3v) is 4.00. The summed E-state index contributed by atoms with van der Waals surface area (Å²) in [6, 6.07) is 18.3. The average Bonchev–Trinajstić information content (AvgIpc) is 2.64. The summed E-state index contributed by atoms with van der Waals surface area (Å²) >= 11 is 0. The molecule has 0 aromatic heterocycles. The van der Waals surface area contributed by atoms with Crippen LogP contribution in [-0.2, 0) is 11.3 Å². The van der Waals surface area contributed by atoms with Gasteiger partial charge in [-0.05, 0) is 43.7 Å². The molecule has 2 aromatic carbocycles. The average molecular weight is 326 g/mol. The molecule has 0 spiro atoms. The molecule has 0 radical (unpaired) electrons. The molecular formula is C20H26N2O2. The molecule has 1 N–H and O–H groups in total. The number of benzene rings is 2. The lowest BCUT2D eigenvalue weighted by atomic mass is 10.1. The van der Waals surface area contributed by atoms with Crippen LogP contribution in [0, 0.1) is 0 Å². The van der Waals surface area contributed by atoms with E-state index < -0.39 is 0 Å². The van der Waals surface area contributed by atoms with E-state index in [1.165, 1.54) is 12.8 Å². The third kappa shape index (κ3) is 5.10. The summed E-state index contributed by atoms with van der Waals surface area (Å²) in [7, 11) is 1.40. The summed E-state index contributed by atoms with van der Waals surface area (Å²) in [6.07, 6.45) is 0. The van der Waals surface area contributed by atoms with Gasteiger partial charge in [0.25, 0.3) is 0 Å². The van der Waals surface area contributed by atoms with Gasteiger partial charge in [-0.25, -0.2) is 4.79 Å². The van der Waals surface area contributed by atoms with Crippen LogP contribution < -0.4 is 10.2 Å². The molecule has 4 heteroatoms. The number of carbonyl (C=O) groups is 1. The molecule has 0 aliphatic rings. The maximum atomic E-state index is 11.6. The molecule has 2 aromatic rings. The second kappa shape index (κ2) is 9.08. The van der Waals surface area contributed by atoms with Crippen LogP contribution in [0.4, 0.5) is 5.69 Å². The van der Waals surface area contributed by atoms with Crippen molar-refractivity contribution in [2.75, 3.05) is 25.1 Å². The van der Waals surface area contributed by atoms with Gasteiger partial charge in [-0.1, -0.05) is 30.3 Å². The van der Waals surface area contributed by atoms with Crippen molar-refractivity contribution >= 4 is 11.7 Å². The summed E-state index contributed by atoms with van der Waals surface area (Å²) in [5, 5.41) is 3.52. The van der Waals surface area contributed by atoms with Crippen LogP contribution in [0.3, 0.4) is 0 Å². The molecular weight excluding hydrogens is 300 g/mol. The molecule has 0 aliphatic heterocycles. The fourth-order valence-corrected chi connectivity index (χ4v) is 2.67. The van der Waals surface area contributed by atoms with E-state index in [2.05, 4.69) is 48.3 Å². The predicted octanol–water partition coefficient (Wildman–Crippen LogP) is 3.48. The summed E-state index contributed by atoms with van der Waals surface area (Å²) < 4.78 is 4.77. The first kappa shape index (κ1) is 18.0. The first-order chi connectivity index (χ1) is 11.6. The summed E-state index contributed by atoms with van der Waals surface area (Å²) in [6.45, 7) is 6.96. The minimum Gasteiger partial charge on any atom is -0.465 e. The Hall–Kier alpha value is -2.33. The van der Waals surface area contributed by atoms with E-state index >= 15 is 0 Å². The van der Waals surface area contributed by atoms with Crippen molar-refractivity contribution in [3.05, 3.63) is 65.7 Å². The number of anilines is 1. The molecule has 4 nitrogen and oxygen atoms in total. The van der Waals surface area contributed by atoms with E-state index in [4.69, 9.17) is 4.74 Å². The topological polar surface area (TPSA) is 41.6 Å². The van der Waals surface area contributed by atoms with E-state index in [1.54, 1.807) is 6.07 Å². The number of likely N-dealkylation sites (N-methyl/N-ethyl adjacent to an activating group) is 1. The van der Waals surface area contributed by atoms with Gasteiger partial charge >= 0.3 is 5.97 Å². The summed E-state index contributed by atoms with van der Waals surface area (Å²) in [5.41, 5.74) is 2.90. The Kier molecular flexibility index (Phi) is 6.82. The van der Waals surface area contributed by atoms with Crippen molar-refractivity contribution in [3.8, 4) is 0 Å². The standard InChI is InChI=1S/C20H26N2O2/c1-4-22(19-11-6-5-7-12-19)15-16(2)21-14-17-9-8-10-18(13-17)20(23)24-3/h5-13,16,21H,4,14-15H2,1-3H3. The molecule has 0 bridgehead atoms. The Labute approximate surface area is 144 Å². The molecule has 1 unspecified atom stereocenters. The molecule has 24 heavy (non-hydrogen) atoms. The number of methoxy groups -OCH3 is 1. The zero-order chi connectivity index (χ0) is 17.4. The van der Waals surface area contributed by atoms with Crippen molar-refractivity contribution in [2.24, 2.45) is 0 Å². The lowest BCUT2D eigenvalue weighted by Gasteiger charge is -2.27. The van der Waals surface area contributed by atoms with Crippen molar-refractivity contribution < 1.29 is 9.53 Å². The molecule has 2 rings (SSSR count). The van der Waals surface area contributed by atoms with Gasteiger partial charge in [0.1, 0.15) is 0 Å². The first-order valence-electron chi connectivity index (χ1n) is 8.34. The molecule has 0 heterocycles. The first-order valence-corrected chi connectivity index (χ1v) is 8.34. The Bertz CT molecular complexity index is 643. The predicted molar refractivity (Wildman–Crippen MR) is 98.4 cm³/mol. The Balaban J connectivity index is 1.91. The van der Waals surface area contributed by atoms with Gasteiger partial charge in [-0.3, -0.25) is 0 Å². The zero-order valence-electron chi connectivity index (χ0n) is 14.7. The minimum atomic E-state index is -0.300. The van der Waals surface area contributed by atoms with Crippen LogP contribution in [0.15, 0.2) is 54.6 Å². The largest absolute Gasteiger partial charge is 0.465 e. The molecule has 1 atom stereocenters. The number of carbonyl (C=O) groups excluding carboxylic acids is 1. The minimum absolute atomic E-state index is 0.300. The number of nitrogens with zero attached hydrogens (tertiary/aromatic N) is 1. The lowest BCUT2D eigenvalue weighted by Crippen LogP contribution is -2.39. The van der Waals surface area contributed by atoms with Gasteiger partial charge in [0, 0.05) is 31.4 Å². The number of hydrogen-bond acceptors (Lipinski definition) is 4. The van der Waals surface area contributed by atoms with Crippen LogP contribution in [0.2, 0.25) is 0 Å². The third-order valence-electron chi connectivity index (χ3n) is 4.00. The van der Waals surface area contributed by atoms with E-state index in [0.29, 0.717) is 11.6 Å². The van der Waals surface area contributed by atoms with Gasteiger partial charge in [-0.2, -0.15) is 0 Å². The fraction of sp³-hybridized carbons (Fsp3) is 0.350. The Morgan fingerprint density at radius 3 is 2.58 bits per heavy atom. The van der Waals surface area contributed by atoms with Crippen LogP contribution in [0.5, 0.6) is 0 Å². The van der Waals surface area contributed by atoms with Crippen molar-refractivity contribution in [1.82, 2.24) is 5.32 Å². The highest BCUT2D eigenvalue weighted by molar-refractivity contribution is 5.89. The number of esters is 1. The van der Waals surface area contributed by atoms with Crippen LogP contribution in [0.25, 0.3) is 0 Å². The van der Waals surface area contributed by atoms with Crippen molar-refractivity contribution in [1.29, 1.82) is 0 Å². The maximum absolute atomic E-state index is 11.6. The molecule has 0 saturated carbocycles. The zero-order valence-corrected chi connectivity index (χ0v) is 14.7. The van der Waals surface area contributed by atoms with Crippen molar-refractivity contribution in [3.63, 3.8) is 0 Å². The highest BCUT2D eigenvalue weighted by atomic mass is 16.5. The van der Waals surface area contributed by atoms with Gasteiger partial charge in [0.05, 0.1) is 12.7 Å². The SMILES string of the molecule is CCN(CC(C)NCc1cccc(C(=O)OC)c1)c1ccccc1. The maximum Gasteiger partial charge on any atom is 0.337 e. The number of nitrogens with one attached hydrogen (secondary N) is 1. The van der Waals surface area contributed by atoms with Gasteiger partial charge in [0.2, 0.25) is 0 Å². The molecule has 0 fully saturated rings. The number of para-hydroxylation sites is 1. The van der Waals surface area contributed by atoms with Crippen LogP contribution >= 0.6 is 0 Å². The van der Waals surface area contributed by atoms with Crippen LogP contribution in [0.1, 0.15) is 29.8 Å². The smallest absolute Gasteiger partial charge is 0.337 e. The van der Waals surface area contributed by atoms with E-state index in [-0.39, 0.29) is 5.97 Å². The Morgan fingerprint density at radius 2 is 1.92 bits per heavy atom. The number of ether oxygens (including phenoxy) is 1. The second-order valence-electron chi connectivity index (χ2n) is 5.85. The van der Waals surface area contributed by atoms with E-state index in [1.807, 2.05) is 24.3 Å². The molecule has 0 amide bonds. The molecule has 0 saturated heterocycles. The quantitative estimate of drug-likeness (QED) is 0.754. The Morgan fingerprint density at radius 1 is 1.17 bits per heavy atom.